The van der Waals surface area contributed by atoms with E-state index in [-0.39, 0.29) is 0 Å². The average Bonchev–Trinajstić information content (AvgIpc) is 3.76. The highest BCUT2D eigenvalue weighted by Crippen LogP contribution is 2.29. The number of hydrogen-bond acceptors (Lipinski definition) is 5. The van der Waals surface area contributed by atoms with Gasteiger partial charge in [-0.2, -0.15) is 0 Å². The third-order valence-electron chi connectivity index (χ3n) is 8.40. The summed E-state index contributed by atoms with van der Waals surface area (Å²) in [5, 5.41) is 27.4. The van der Waals surface area contributed by atoms with Gasteiger partial charge in [0.15, 0.2) is 5.82 Å². The number of nitrogens with one attached hydrogen (secondary N) is 2. The lowest BCUT2D eigenvalue weighted by atomic mass is 10.0. The molecule has 0 spiro atoms. The average molecular weight is 610 g/mol. The van der Waals surface area contributed by atoms with Crippen molar-refractivity contribution in [2.75, 3.05) is 0 Å². The summed E-state index contributed by atoms with van der Waals surface area (Å²) < 4.78 is 7.84. The number of aryl methyl sites for hydroxylation is 2. The standard InChI is InChI=1S/C38H38N6O2/c1-38(2,3)46-37(45)41-34(21-28-23-40-33-18-9-7-16-31(28)33)36-43-42-35(20-19-26-22-39-32-17-8-6-15-30(26)32)44(36)24-27-13-10-12-25-11-4-5-14-29(25)27/h4-18,22-23,34,39-40H,19-21,24H2,1-3H3,(H,41,45)/p-1/t34-/m1/s1. The predicted molar refractivity (Wildman–Crippen MR) is 182 cm³/mol. The van der Waals surface area contributed by atoms with Crippen LogP contribution in [0.4, 0.5) is 0 Å². The lowest BCUT2D eigenvalue weighted by Gasteiger charge is -2.30. The van der Waals surface area contributed by atoms with Crippen molar-refractivity contribution < 1.29 is 9.84 Å². The highest BCUT2D eigenvalue weighted by molar-refractivity contribution is 5.86. The van der Waals surface area contributed by atoms with Gasteiger partial charge in [-0.1, -0.05) is 99.6 Å². The van der Waals surface area contributed by atoms with Crippen LogP contribution in [-0.2, 0) is 30.5 Å². The van der Waals surface area contributed by atoms with E-state index in [1.54, 1.807) is 0 Å². The first-order chi connectivity index (χ1) is 22.3. The molecule has 1 atom stereocenters. The van der Waals surface area contributed by atoms with Gasteiger partial charge in [0.2, 0.25) is 0 Å². The molecule has 8 nitrogen and oxygen atoms in total. The Morgan fingerprint density at radius 3 is 2.13 bits per heavy atom. The maximum Gasteiger partial charge on any atom is 0.158 e. The van der Waals surface area contributed by atoms with Crippen LogP contribution in [-0.4, -0.2) is 36.4 Å². The molecule has 7 rings (SSSR count). The number of hydrogen-bond donors (Lipinski definition) is 2. The zero-order chi connectivity index (χ0) is 31.7. The first-order valence-electron chi connectivity index (χ1n) is 15.7. The summed E-state index contributed by atoms with van der Waals surface area (Å²) in [4.78, 5) is 11.4. The number of aliphatic imine (C=N–C) groups is 1. The number of rotatable bonds is 9. The Morgan fingerprint density at radius 1 is 0.761 bits per heavy atom. The molecule has 0 fully saturated rings. The molecule has 0 aliphatic heterocycles. The first kappa shape index (κ1) is 29.3. The molecule has 0 saturated carbocycles. The van der Waals surface area contributed by atoms with E-state index in [9.17, 15) is 5.11 Å². The van der Waals surface area contributed by atoms with Crippen LogP contribution in [0.3, 0.4) is 0 Å². The molecule has 0 aliphatic rings. The summed E-state index contributed by atoms with van der Waals surface area (Å²) in [5.74, 6) is 1.48. The molecule has 0 aliphatic carbocycles. The van der Waals surface area contributed by atoms with E-state index in [1.165, 1.54) is 21.7 Å². The van der Waals surface area contributed by atoms with Crippen LogP contribution in [0.5, 0.6) is 0 Å². The maximum absolute atomic E-state index is 13.2. The fourth-order valence-electron chi connectivity index (χ4n) is 6.26. The van der Waals surface area contributed by atoms with Gasteiger partial charge in [0, 0.05) is 52.6 Å². The molecule has 232 valence electrons. The van der Waals surface area contributed by atoms with E-state index < -0.39 is 17.7 Å². The molecule has 0 bridgehead atoms. The second kappa shape index (κ2) is 12.2. The van der Waals surface area contributed by atoms with Crippen molar-refractivity contribution >= 4 is 38.7 Å². The van der Waals surface area contributed by atoms with E-state index in [2.05, 4.69) is 92.5 Å². The van der Waals surface area contributed by atoms with Crippen molar-refractivity contribution in [3.05, 3.63) is 132 Å². The van der Waals surface area contributed by atoms with Crippen molar-refractivity contribution in [2.24, 2.45) is 4.99 Å². The summed E-state index contributed by atoms with van der Waals surface area (Å²) in [5.41, 5.74) is 4.90. The highest BCUT2D eigenvalue weighted by Gasteiger charge is 2.24. The summed E-state index contributed by atoms with van der Waals surface area (Å²) >= 11 is 0. The van der Waals surface area contributed by atoms with E-state index in [1.807, 2.05) is 51.2 Å². The lowest BCUT2D eigenvalue weighted by Crippen LogP contribution is -2.32. The summed E-state index contributed by atoms with van der Waals surface area (Å²) in [6, 6.07) is 30.6. The minimum absolute atomic E-state index is 0.458. The molecule has 4 aromatic carbocycles. The van der Waals surface area contributed by atoms with Crippen LogP contribution >= 0.6 is 0 Å². The van der Waals surface area contributed by atoms with Crippen molar-refractivity contribution in [3.8, 4) is 0 Å². The number of H-pyrrole nitrogens is 2. The van der Waals surface area contributed by atoms with Crippen LogP contribution in [0.1, 0.15) is 55.2 Å². The van der Waals surface area contributed by atoms with Crippen molar-refractivity contribution in [3.63, 3.8) is 0 Å². The van der Waals surface area contributed by atoms with Gasteiger partial charge < -0.3 is 24.4 Å². The molecular weight excluding hydrogens is 572 g/mol. The largest absolute Gasteiger partial charge is 0.595 e. The first-order valence-corrected chi connectivity index (χ1v) is 15.7. The Labute approximate surface area is 267 Å². The number of nitrogens with zero attached hydrogens (tertiary/aromatic N) is 4. The van der Waals surface area contributed by atoms with Gasteiger partial charge in [-0.15, -0.1) is 10.2 Å². The number of fused-ring (bicyclic) bond motifs is 3. The Hall–Kier alpha value is -5.37. The summed E-state index contributed by atoms with van der Waals surface area (Å²) in [6.07, 6.45) is 5.37. The SMILES string of the molecule is CC(C)(C)OC([O-])=N[C@H](Cc1c[nH]c2ccccc12)c1nnc(CCc2c[nH]c3ccccc23)n1Cc1cccc2ccccc12. The Kier molecular flexibility index (Phi) is 7.78. The molecule has 0 radical (unpaired) electrons. The molecular formula is C38H37N6O2-. The smallest absolute Gasteiger partial charge is 0.158 e. The van der Waals surface area contributed by atoms with Gasteiger partial charge in [-0.3, -0.25) is 4.99 Å². The fraction of sp³-hybridized carbons (Fsp3) is 0.237. The third kappa shape index (κ3) is 6.11. The monoisotopic (exact) mass is 609 g/mol. The third-order valence-corrected chi connectivity index (χ3v) is 8.40. The van der Waals surface area contributed by atoms with Gasteiger partial charge in [0.25, 0.3) is 0 Å². The molecule has 0 saturated heterocycles. The van der Waals surface area contributed by atoms with Gasteiger partial charge in [-0.25, -0.2) is 0 Å². The fourth-order valence-corrected chi connectivity index (χ4v) is 6.26. The van der Waals surface area contributed by atoms with Gasteiger partial charge in [0.05, 0.1) is 6.54 Å². The highest BCUT2D eigenvalue weighted by atomic mass is 16.6. The molecule has 2 N–H and O–H groups in total. The Bertz CT molecular complexity index is 2160. The molecule has 7 aromatic rings. The zero-order valence-corrected chi connectivity index (χ0v) is 26.3. The number of ether oxygens (including phenoxy) is 1. The maximum atomic E-state index is 13.2. The Morgan fingerprint density at radius 2 is 1.39 bits per heavy atom. The van der Waals surface area contributed by atoms with Gasteiger partial charge >= 0.3 is 0 Å². The molecule has 0 unspecified atom stereocenters. The van der Waals surface area contributed by atoms with E-state index in [4.69, 9.17) is 14.9 Å². The number of benzene rings is 4. The second-order valence-electron chi connectivity index (χ2n) is 12.7. The number of para-hydroxylation sites is 2. The molecule has 46 heavy (non-hydrogen) atoms. The molecule has 0 amide bonds. The Balaban J connectivity index is 1.32. The lowest BCUT2D eigenvalue weighted by molar-refractivity contribution is -0.261. The quantitative estimate of drug-likeness (QED) is 0.135. The molecule has 8 heteroatoms. The van der Waals surface area contributed by atoms with Crippen LogP contribution in [0.25, 0.3) is 32.6 Å². The number of aromatic nitrogens is 5. The molecule has 3 heterocycles. The summed E-state index contributed by atoms with van der Waals surface area (Å²) in [7, 11) is 0. The van der Waals surface area contributed by atoms with E-state index in [0.717, 1.165) is 39.8 Å². The molecule has 3 aromatic heterocycles. The van der Waals surface area contributed by atoms with Crippen LogP contribution < -0.4 is 5.11 Å². The predicted octanol–water partition coefficient (Wildman–Crippen LogP) is 7.04. The van der Waals surface area contributed by atoms with Crippen LogP contribution in [0, 0.1) is 0 Å². The minimum atomic E-state index is -0.674. The van der Waals surface area contributed by atoms with E-state index >= 15 is 0 Å². The van der Waals surface area contributed by atoms with Crippen molar-refractivity contribution in [1.82, 2.24) is 24.7 Å². The van der Waals surface area contributed by atoms with Crippen molar-refractivity contribution in [1.29, 1.82) is 0 Å². The van der Waals surface area contributed by atoms with Gasteiger partial charge in [-0.05, 0) is 46.0 Å². The van der Waals surface area contributed by atoms with Gasteiger partial charge in [0.1, 0.15) is 18.0 Å². The van der Waals surface area contributed by atoms with Crippen LogP contribution in [0.2, 0.25) is 0 Å². The normalized spacial score (nSPS) is 13.2. The second-order valence-corrected chi connectivity index (χ2v) is 12.7. The zero-order valence-electron chi connectivity index (χ0n) is 26.3. The number of aromatic amines is 2. The topological polar surface area (TPSA) is 107 Å². The summed E-state index contributed by atoms with van der Waals surface area (Å²) in [6.45, 7) is 6.09. The minimum Gasteiger partial charge on any atom is -0.595 e. The van der Waals surface area contributed by atoms with Crippen LogP contribution in [0.15, 0.2) is 108 Å². The van der Waals surface area contributed by atoms with E-state index in [0.29, 0.717) is 25.2 Å². The van der Waals surface area contributed by atoms with Crippen molar-refractivity contribution in [2.45, 2.75) is 58.2 Å².